The molecule has 1 aromatic carbocycles. The van der Waals surface area contributed by atoms with E-state index >= 15 is 0 Å². The zero-order chi connectivity index (χ0) is 9.54. The van der Waals surface area contributed by atoms with Gasteiger partial charge in [-0.3, -0.25) is 0 Å². The van der Waals surface area contributed by atoms with E-state index < -0.39 is 0 Å². The molecule has 0 saturated heterocycles. The van der Waals surface area contributed by atoms with Crippen LogP contribution in [-0.2, 0) is 0 Å². The predicted octanol–water partition coefficient (Wildman–Crippen LogP) is 1.59. The first kappa shape index (κ1) is 7.44. The Labute approximate surface area is 80.2 Å². The molecule has 0 unspecified atom stereocenters. The maximum atomic E-state index is 4.39. The molecule has 2 aromatic heterocycles. The van der Waals surface area contributed by atoms with Crippen molar-refractivity contribution in [2.24, 2.45) is 0 Å². The van der Waals surface area contributed by atoms with Gasteiger partial charge in [0.25, 0.3) is 5.78 Å². The minimum atomic E-state index is 0.642. The molecule has 0 aliphatic carbocycles. The van der Waals surface area contributed by atoms with Crippen molar-refractivity contribution in [3.05, 3.63) is 36.2 Å². The van der Waals surface area contributed by atoms with E-state index in [4.69, 9.17) is 0 Å². The third-order valence-corrected chi connectivity index (χ3v) is 2.17. The number of hydrogen-bond donors (Lipinski definition) is 0. The predicted molar refractivity (Wildman–Crippen MR) is 53.0 cm³/mol. The van der Waals surface area contributed by atoms with Gasteiger partial charge in [-0.15, -0.1) is 0 Å². The van der Waals surface area contributed by atoms with E-state index in [2.05, 4.69) is 15.1 Å². The molecule has 3 aromatic rings. The lowest BCUT2D eigenvalue weighted by Gasteiger charge is -1.98. The number of nitrogens with zero attached hydrogens (tertiary/aromatic N) is 4. The molecule has 0 fully saturated rings. The number of aryl methyl sites for hydroxylation is 1. The van der Waals surface area contributed by atoms with Gasteiger partial charge in [0.1, 0.15) is 5.52 Å². The molecule has 4 heteroatoms. The van der Waals surface area contributed by atoms with Crippen LogP contribution in [0, 0.1) is 6.92 Å². The number of hydrogen-bond acceptors (Lipinski definition) is 3. The van der Waals surface area contributed by atoms with Crippen LogP contribution in [0.1, 0.15) is 5.56 Å². The molecule has 4 nitrogen and oxygen atoms in total. The molecule has 0 aliphatic heterocycles. The molecule has 0 aliphatic rings. The van der Waals surface area contributed by atoms with E-state index in [1.54, 1.807) is 16.9 Å². The minimum absolute atomic E-state index is 0.642. The SMILES string of the molecule is Cc1ccc2nn3ccnc3nc2c1. The first-order chi connectivity index (χ1) is 6.83. The van der Waals surface area contributed by atoms with Crippen molar-refractivity contribution >= 4 is 16.8 Å². The molecule has 0 bridgehead atoms. The van der Waals surface area contributed by atoms with Gasteiger partial charge < -0.3 is 0 Å². The van der Waals surface area contributed by atoms with Gasteiger partial charge in [-0.2, -0.15) is 5.10 Å². The van der Waals surface area contributed by atoms with E-state index in [0.717, 1.165) is 11.0 Å². The summed E-state index contributed by atoms with van der Waals surface area (Å²) in [4.78, 5) is 8.48. The third-order valence-electron chi connectivity index (χ3n) is 2.17. The molecule has 68 valence electrons. The van der Waals surface area contributed by atoms with Crippen molar-refractivity contribution in [2.45, 2.75) is 6.92 Å². The number of fused-ring (bicyclic) bond motifs is 2. The molecule has 2 heterocycles. The second-order valence-corrected chi connectivity index (χ2v) is 3.28. The number of aromatic nitrogens is 4. The van der Waals surface area contributed by atoms with Crippen LogP contribution in [-0.4, -0.2) is 19.6 Å². The van der Waals surface area contributed by atoms with Crippen LogP contribution >= 0.6 is 0 Å². The molecule has 0 amide bonds. The molecule has 0 saturated carbocycles. The Balaban J connectivity index is 2.50. The van der Waals surface area contributed by atoms with Crippen LogP contribution in [0.4, 0.5) is 0 Å². The molecule has 0 radical (unpaired) electrons. The van der Waals surface area contributed by atoms with Gasteiger partial charge in [0, 0.05) is 6.20 Å². The zero-order valence-electron chi connectivity index (χ0n) is 7.68. The lowest BCUT2D eigenvalue weighted by Crippen LogP contribution is -1.95. The highest BCUT2D eigenvalue weighted by molar-refractivity contribution is 5.75. The average Bonchev–Trinajstić information content (AvgIpc) is 2.61. The van der Waals surface area contributed by atoms with Gasteiger partial charge in [0.05, 0.1) is 11.7 Å². The summed E-state index contributed by atoms with van der Waals surface area (Å²) in [5, 5.41) is 4.37. The highest BCUT2D eigenvalue weighted by Crippen LogP contribution is 2.11. The van der Waals surface area contributed by atoms with Gasteiger partial charge in [0.2, 0.25) is 0 Å². The molecule has 14 heavy (non-hydrogen) atoms. The van der Waals surface area contributed by atoms with E-state index in [-0.39, 0.29) is 0 Å². The van der Waals surface area contributed by atoms with Crippen LogP contribution in [0.5, 0.6) is 0 Å². The van der Waals surface area contributed by atoms with E-state index in [1.807, 2.05) is 25.1 Å². The minimum Gasteiger partial charge on any atom is -0.218 e. The summed E-state index contributed by atoms with van der Waals surface area (Å²) in [6.45, 7) is 2.04. The average molecular weight is 184 g/mol. The fraction of sp³-hybridized carbons (Fsp3) is 0.100. The third kappa shape index (κ3) is 0.970. The van der Waals surface area contributed by atoms with Crippen molar-refractivity contribution in [2.75, 3.05) is 0 Å². The van der Waals surface area contributed by atoms with Crippen LogP contribution in [0.15, 0.2) is 30.6 Å². The fourth-order valence-electron chi connectivity index (χ4n) is 1.48. The van der Waals surface area contributed by atoms with Gasteiger partial charge in [-0.25, -0.2) is 14.5 Å². The van der Waals surface area contributed by atoms with Crippen LogP contribution < -0.4 is 0 Å². The standard InChI is InChI=1S/C10H8N4/c1-7-2-3-8-9(6-7)12-10-11-4-5-14(10)13-8/h2-6H,1H3. The first-order valence-electron chi connectivity index (χ1n) is 4.41. The molecule has 3 rings (SSSR count). The zero-order valence-corrected chi connectivity index (χ0v) is 7.68. The molecule has 0 N–H and O–H groups in total. The van der Waals surface area contributed by atoms with Crippen molar-refractivity contribution < 1.29 is 0 Å². The largest absolute Gasteiger partial charge is 0.251 e. The number of imidazole rings is 1. The Kier molecular flexibility index (Phi) is 1.33. The van der Waals surface area contributed by atoms with Crippen molar-refractivity contribution in [1.82, 2.24) is 19.6 Å². The lowest BCUT2D eigenvalue weighted by molar-refractivity contribution is 0.942. The highest BCUT2D eigenvalue weighted by atomic mass is 15.3. The highest BCUT2D eigenvalue weighted by Gasteiger charge is 2.00. The van der Waals surface area contributed by atoms with Crippen LogP contribution in [0.3, 0.4) is 0 Å². The lowest BCUT2D eigenvalue weighted by atomic mass is 10.2. The molecule has 0 atom stereocenters. The van der Waals surface area contributed by atoms with Crippen molar-refractivity contribution in [3.63, 3.8) is 0 Å². The van der Waals surface area contributed by atoms with Gasteiger partial charge >= 0.3 is 0 Å². The second kappa shape index (κ2) is 2.51. The van der Waals surface area contributed by atoms with Crippen molar-refractivity contribution in [3.8, 4) is 0 Å². The summed E-state index contributed by atoms with van der Waals surface area (Å²) in [5.74, 6) is 0.642. The Morgan fingerprint density at radius 2 is 2.14 bits per heavy atom. The topological polar surface area (TPSA) is 43.1 Å². The second-order valence-electron chi connectivity index (χ2n) is 3.28. The monoisotopic (exact) mass is 184 g/mol. The summed E-state index contributed by atoms with van der Waals surface area (Å²) in [7, 11) is 0. The Morgan fingerprint density at radius 3 is 3.07 bits per heavy atom. The summed E-state index contributed by atoms with van der Waals surface area (Å²) in [6, 6.07) is 6.01. The summed E-state index contributed by atoms with van der Waals surface area (Å²) >= 11 is 0. The van der Waals surface area contributed by atoms with Gasteiger partial charge in [0.15, 0.2) is 0 Å². The van der Waals surface area contributed by atoms with E-state index in [1.165, 1.54) is 5.56 Å². The first-order valence-corrected chi connectivity index (χ1v) is 4.41. The van der Waals surface area contributed by atoms with Crippen molar-refractivity contribution in [1.29, 1.82) is 0 Å². The summed E-state index contributed by atoms with van der Waals surface area (Å²) < 4.78 is 1.68. The quantitative estimate of drug-likeness (QED) is 0.532. The summed E-state index contributed by atoms with van der Waals surface area (Å²) in [5.41, 5.74) is 2.97. The normalized spacial score (nSPS) is 11.2. The molecular formula is C10H8N4. The Hall–Kier alpha value is -1.97. The van der Waals surface area contributed by atoms with Gasteiger partial charge in [-0.05, 0) is 24.6 Å². The molecule has 0 spiro atoms. The van der Waals surface area contributed by atoms with E-state index in [0.29, 0.717) is 5.78 Å². The summed E-state index contributed by atoms with van der Waals surface area (Å²) in [6.07, 6.45) is 3.49. The number of benzene rings is 1. The Morgan fingerprint density at radius 1 is 1.21 bits per heavy atom. The van der Waals surface area contributed by atoms with Gasteiger partial charge in [-0.1, -0.05) is 6.07 Å². The Bertz CT molecular complexity index is 612. The maximum Gasteiger partial charge on any atom is 0.251 e. The van der Waals surface area contributed by atoms with Crippen LogP contribution in [0.2, 0.25) is 0 Å². The smallest absolute Gasteiger partial charge is 0.218 e. The molecular weight excluding hydrogens is 176 g/mol. The van der Waals surface area contributed by atoms with E-state index in [9.17, 15) is 0 Å². The maximum absolute atomic E-state index is 4.39. The number of rotatable bonds is 0. The fourth-order valence-corrected chi connectivity index (χ4v) is 1.48. The van der Waals surface area contributed by atoms with Crippen LogP contribution in [0.25, 0.3) is 16.8 Å².